The number of fused-ring (bicyclic) bond motifs is 1. The first-order chi connectivity index (χ1) is 22.2. The van der Waals surface area contributed by atoms with E-state index in [1.807, 2.05) is 37.4 Å². The molecule has 9 heteroatoms. The molecule has 6 N–H and O–H groups in total. The summed E-state index contributed by atoms with van der Waals surface area (Å²) in [6.45, 7) is 10.1. The zero-order valence-corrected chi connectivity index (χ0v) is 28.9. The molecule has 1 aliphatic carbocycles. The van der Waals surface area contributed by atoms with Crippen LogP contribution in [0, 0.1) is 11.8 Å². The van der Waals surface area contributed by atoms with Gasteiger partial charge in [0.25, 0.3) is 0 Å². The smallest absolute Gasteiger partial charge is 0.133 e. The maximum atomic E-state index is 11.1. The van der Waals surface area contributed by atoms with Crippen LogP contribution in [0.15, 0.2) is 60.7 Å². The third kappa shape index (κ3) is 17.4. The lowest BCUT2D eigenvalue weighted by Gasteiger charge is -2.48. The maximum absolute atomic E-state index is 11.1. The molecule has 4 rings (SSSR count). The van der Waals surface area contributed by atoms with Crippen LogP contribution < -0.4 is 16.0 Å². The third-order valence-corrected chi connectivity index (χ3v) is 8.73. The topological polar surface area (TPSA) is 134 Å². The molecule has 0 spiro atoms. The van der Waals surface area contributed by atoms with Crippen molar-refractivity contribution in [3.8, 4) is 0 Å². The number of nitrogens with one attached hydrogen (secondary N) is 3. The van der Waals surface area contributed by atoms with Crippen LogP contribution >= 0.6 is 0 Å². The van der Waals surface area contributed by atoms with Crippen molar-refractivity contribution in [1.29, 1.82) is 0 Å². The molecule has 2 aliphatic rings. The number of aldehydes is 2. The highest BCUT2D eigenvalue weighted by Crippen LogP contribution is 2.38. The molecule has 0 aromatic heterocycles. The number of aliphatic hydroxyl groups excluding tert-OH is 1. The van der Waals surface area contributed by atoms with Crippen LogP contribution in [0.4, 0.5) is 0 Å². The van der Waals surface area contributed by atoms with E-state index < -0.39 is 0 Å². The van der Waals surface area contributed by atoms with Gasteiger partial charge in [-0.3, -0.25) is 15.4 Å². The molecule has 0 radical (unpaired) electrons. The summed E-state index contributed by atoms with van der Waals surface area (Å²) in [4.78, 5) is 21.9. The second-order valence-electron chi connectivity index (χ2n) is 13.3. The second-order valence-corrected chi connectivity index (χ2v) is 13.3. The molecule has 0 bridgehead atoms. The number of carbonyl (C=O) groups excluding carboxylic acids is 2. The SMILES string of the molecule is CNC(Cc1ccccc1)C(O)CN1CC2CCCC[C@H]2CC1CNC(C)(C)C.CNCC=O.O=CCCc1ccccc1.OO. The lowest BCUT2D eigenvalue weighted by molar-refractivity contribution is -0.176. The largest absolute Gasteiger partial charge is 0.390 e. The Morgan fingerprint density at radius 2 is 1.48 bits per heavy atom. The van der Waals surface area contributed by atoms with Crippen LogP contribution in [-0.2, 0) is 22.4 Å². The molecule has 1 heterocycles. The summed E-state index contributed by atoms with van der Waals surface area (Å²) in [6.07, 6.45) is 10.6. The van der Waals surface area contributed by atoms with E-state index in [-0.39, 0.29) is 17.7 Å². The van der Waals surface area contributed by atoms with Gasteiger partial charge in [0.05, 0.1) is 12.6 Å². The van der Waals surface area contributed by atoms with Gasteiger partial charge in [-0.05, 0) is 83.5 Å². The van der Waals surface area contributed by atoms with E-state index in [0.717, 1.165) is 56.9 Å². The minimum absolute atomic E-state index is 0.0812. The first kappa shape index (κ1) is 41.5. The Morgan fingerprint density at radius 1 is 0.891 bits per heavy atom. The fraction of sp³-hybridized carbons (Fsp3) is 0.622. The van der Waals surface area contributed by atoms with Gasteiger partial charge in [-0.15, -0.1) is 0 Å². The molecular formula is C37H62N4O5. The molecule has 1 saturated carbocycles. The van der Waals surface area contributed by atoms with Crippen molar-refractivity contribution in [3.05, 3.63) is 71.8 Å². The molecule has 2 fully saturated rings. The molecule has 46 heavy (non-hydrogen) atoms. The number of carbonyl (C=O) groups is 2. The number of piperidine rings is 1. The highest BCUT2D eigenvalue weighted by molar-refractivity contribution is 5.51. The van der Waals surface area contributed by atoms with E-state index in [0.29, 0.717) is 19.0 Å². The maximum Gasteiger partial charge on any atom is 0.133 e. The number of hydrogen-bond acceptors (Lipinski definition) is 9. The van der Waals surface area contributed by atoms with Gasteiger partial charge in [-0.1, -0.05) is 79.9 Å². The van der Waals surface area contributed by atoms with Gasteiger partial charge in [0.15, 0.2) is 0 Å². The number of aliphatic hydroxyl groups is 1. The van der Waals surface area contributed by atoms with Crippen LogP contribution in [-0.4, -0.2) is 97.1 Å². The van der Waals surface area contributed by atoms with E-state index in [2.05, 4.69) is 72.0 Å². The predicted octanol–water partition coefficient (Wildman–Crippen LogP) is 4.69. The zero-order valence-electron chi connectivity index (χ0n) is 28.9. The second kappa shape index (κ2) is 24.6. The molecule has 1 aliphatic heterocycles. The Kier molecular flexibility index (Phi) is 22.2. The molecular weight excluding hydrogens is 580 g/mol. The van der Waals surface area contributed by atoms with Gasteiger partial charge in [0.1, 0.15) is 12.6 Å². The van der Waals surface area contributed by atoms with Crippen LogP contribution in [0.3, 0.4) is 0 Å². The van der Waals surface area contributed by atoms with Gasteiger partial charge in [-0.2, -0.15) is 0 Å². The average molecular weight is 643 g/mol. The van der Waals surface area contributed by atoms with Gasteiger partial charge in [-0.25, -0.2) is 0 Å². The minimum Gasteiger partial charge on any atom is -0.390 e. The first-order valence-electron chi connectivity index (χ1n) is 16.8. The van der Waals surface area contributed by atoms with E-state index in [9.17, 15) is 14.7 Å². The number of hydrogen-bond donors (Lipinski definition) is 6. The number of rotatable bonds is 13. The molecule has 1 saturated heterocycles. The van der Waals surface area contributed by atoms with Gasteiger partial charge >= 0.3 is 0 Å². The highest BCUT2D eigenvalue weighted by atomic mass is 17.0. The van der Waals surface area contributed by atoms with Gasteiger partial charge in [0.2, 0.25) is 0 Å². The fourth-order valence-electron chi connectivity index (χ4n) is 6.26. The Labute approximate surface area is 278 Å². The van der Waals surface area contributed by atoms with E-state index in [4.69, 9.17) is 10.5 Å². The van der Waals surface area contributed by atoms with Crippen molar-refractivity contribution in [1.82, 2.24) is 20.9 Å². The van der Waals surface area contributed by atoms with E-state index >= 15 is 0 Å². The Morgan fingerprint density at radius 3 is 1.98 bits per heavy atom. The lowest BCUT2D eigenvalue weighted by Crippen LogP contribution is -2.57. The third-order valence-electron chi connectivity index (χ3n) is 8.73. The first-order valence-corrected chi connectivity index (χ1v) is 16.8. The summed E-state index contributed by atoms with van der Waals surface area (Å²) in [7, 11) is 3.71. The summed E-state index contributed by atoms with van der Waals surface area (Å²) in [6, 6.07) is 21.1. The molecule has 5 atom stereocenters. The average Bonchev–Trinajstić information content (AvgIpc) is 3.07. The Hall–Kier alpha value is -2.50. The minimum atomic E-state index is -0.363. The number of likely N-dealkylation sites (tertiary alicyclic amines) is 1. The summed E-state index contributed by atoms with van der Waals surface area (Å²) in [5, 5.41) is 32.9. The fourth-order valence-corrected chi connectivity index (χ4v) is 6.26. The van der Waals surface area contributed by atoms with Crippen LogP contribution in [0.1, 0.15) is 70.4 Å². The standard InChI is InChI=1S/C25H43N3O.C9H10O.C3H7NO.H2O2/c1-25(2,3)27-16-22-15-20-12-8-9-13-21(20)17-28(22)18-24(29)23(26-4)14-19-10-6-5-7-11-19;10-8-4-7-9-5-2-1-3-6-9;1-4-2-3-5;1-2/h5-7,10-11,20-24,26-27,29H,8-9,12-18H2,1-4H3;1-3,5-6,8H,4,7H2;3-4H,2H2,1H3;1-2H/t20-,21?,22?,23?,24?;;;/m0.../s1. The summed E-state index contributed by atoms with van der Waals surface area (Å²) >= 11 is 0. The molecule has 9 nitrogen and oxygen atoms in total. The molecule has 260 valence electrons. The predicted molar refractivity (Wildman–Crippen MR) is 188 cm³/mol. The number of likely N-dealkylation sites (N-methyl/N-ethyl adjacent to an activating group) is 2. The van der Waals surface area contributed by atoms with Crippen LogP contribution in [0.5, 0.6) is 0 Å². The van der Waals surface area contributed by atoms with Crippen LogP contribution in [0.25, 0.3) is 0 Å². The Balaban J connectivity index is 0.000000511. The zero-order chi connectivity index (χ0) is 34.2. The van der Waals surface area contributed by atoms with Crippen LogP contribution in [0.2, 0.25) is 0 Å². The monoisotopic (exact) mass is 642 g/mol. The number of aryl methyl sites for hydroxylation is 1. The van der Waals surface area contributed by atoms with Crippen molar-refractivity contribution in [2.45, 2.75) is 95.9 Å². The molecule has 0 amide bonds. The quantitative estimate of drug-likeness (QED) is 0.105. The van der Waals surface area contributed by atoms with E-state index in [1.165, 1.54) is 43.2 Å². The molecule has 2 aromatic rings. The lowest BCUT2D eigenvalue weighted by atomic mass is 9.72. The van der Waals surface area contributed by atoms with Crippen molar-refractivity contribution in [2.75, 3.05) is 40.3 Å². The number of benzene rings is 2. The Bertz CT molecular complexity index is 1020. The van der Waals surface area contributed by atoms with Crippen molar-refractivity contribution >= 4 is 12.6 Å². The molecule has 2 aromatic carbocycles. The normalized spacial score (nSPS) is 20.6. The van der Waals surface area contributed by atoms with Crippen molar-refractivity contribution in [2.24, 2.45) is 11.8 Å². The summed E-state index contributed by atoms with van der Waals surface area (Å²) in [5.74, 6) is 1.71. The van der Waals surface area contributed by atoms with Gasteiger partial charge in [0, 0.05) is 43.7 Å². The number of nitrogens with zero attached hydrogens (tertiary/aromatic N) is 1. The van der Waals surface area contributed by atoms with Gasteiger partial charge < -0.3 is 30.6 Å². The number of β-amino-alcohol motifs (C(OH)–C–C–N with tert-alkyl or cyclic N) is 1. The van der Waals surface area contributed by atoms with Crippen molar-refractivity contribution < 1.29 is 25.2 Å². The van der Waals surface area contributed by atoms with E-state index in [1.54, 1.807) is 7.05 Å². The summed E-state index contributed by atoms with van der Waals surface area (Å²) in [5.41, 5.74) is 2.64. The van der Waals surface area contributed by atoms with Crippen molar-refractivity contribution in [3.63, 3.8) is 0 Å². The molecule has 4 unspecified atom stereocenters. The highest BCUT2D eigenvalue weighted by Gasteiger charge is 2.38. The summed E-state index contributed by atoms with van der Waals surface area (Å²) < 4.78 is 0.